The second-order valence-electron chi connectivity index (χ2n) is 3.79. The van der Waals surface area contributed by atoms with Gasteiger partial charge in [0, 0.05) is 13.1 Å². The summed E-state index contributed by atoms with van der Waals surface area (Å²) in [6.07, 6.45) is 1.90. The van der Waals surface area contributed by atoms with Crippen molar-refractivity contribution in [2.75, 3.05) is 20.2 Å². The third-order valence-electron chi connectivity index (χ3n) is 2.94. The fraction of sp³-hybridized carbons (Fsp3) is 0.545. The van der Waals surface area contributed by atoms with Crippen molar-refractivity contribution >= 4 is 17.4 Å². The number of piperidine rings is 1. The molecule has 0 bridgehead atoms. The van der Waals surface area contributed by atoms with Crippen LogP contribution in [-0.4, -0.2) is 31.2 Å². The van der Waals surface area contributed by atoms with Crippen LogP contribution in [0.4, 0.5) is 4.79 Å². The van der Waals surface area contributed by atoms with Crippen LogP contribution in [0, 0.1) is 0 Å². The zero-order chi connectivity index (χ0) is 10.7. The van der Waals surface area contributed by atoms with Crippen LogP contribution < -0.4 is 0 Å². The Kier molecular flexibility index (Phi) is 3.26. The lowest BCUT2D eigenvalue weighted by molar-refractivity contribution is 0.112. The smallest absolute Gasteiger partial charge is 0.409 e. The van der Waals surface area contributed by atoms with Crippen LogP contribution in [0.1, 0.15) is 24.3 Å². The predicted octanol–water partition coefficient (Wildman–Crippen LogP) is 2.69. The first kappa shape index (κ1) is 10.5. The van der Waals surface area contributed by atoms with E-state index < -0.39 is 0 Å². The predicted molar refractivity (Wildman–Crippen MR) is 60.3 cm³/mol. The number of nitrogens with zero attached hydrogens (tertiary/aromatic N) is 1. The van der Waals surface area contributed by atoms with Crippen LogP contribution in [0.15, 0.2) is 16.8 Å². The summed E-state index contributed by atoms with van der Waals surface area (Å²) in [7, 11) is 1.44. The maximum absolute atomic E-state index is 11.3. The molecule has 1 aromatic rings. The van der Waals surface area contributed by atoms with E-state index in [1.807, 2.05) is 0 Å². The highest BCUT2D eigenvalue weighted by Gasteiger charge is 2.24. The Morgan fingerprint density at radius 2 is 2.27 bits per heavy atom. The van der Waals surface area contributed by atoms with E-state index in [4.69, 9.17) is 4.74 Å². The number of hydrogen-bond donors (Lipinski definition) is 0. The third-order valence-corrected chi connectivity index (χ3v) is 3.64. The van der Waals surface area contributed by atoms with Crippen molar-refractivity contribution in [3.05, 3.63) is 22.4 Å². The molecule has 15 heavy (non-hydrogen) atoms. The van der Waals surface area contributed by atoms with Gasteiger partial charge in [-0.3, -0.25) is 0 Å². The van der Waals surface area contributed by atoms with Crippen molar-refractivity contribution in [1.29, 1.82) is 0 Å². The average molecular weight is 225 g/mol. The molecule has 82 valence electrons. The minimum absolute atomic E-state index is 0.196. The number of amides is 1. The van der Waals surface area contributed by atoms with Gasteiger partial charge in [-0.2, -0.15) is 11.3 Å². The van der Waals surface area contributed by atoms with Gasteiger partial charge in [0.25, 0.3) is 0 Å². The molecule has 1 saturated heterocycles. The highest BCUT2D eigenvalue weighted by Crippen LogP contribution is 2.29. The molecule has 0 N–H and O–H groups in total. The lowest BCUT2D eigenvalue weighted by atomic mass is 9.92. The largest absolute Gasteiger partial charge is 0.453 e. The van der Waals surface area contributed by atoms with Crippen LogP contribution in [0.25, 0.3) is 0 Å². The molecule has 0 atom stereocenters. The molecule has 0 spiro atoms. The number of methoxy groups -OCH3 is 1. The third kappa shape index (κ3) is 2.31. The zero-order valence-electron chi connectivity index (χ0n) is 8.81. The van der Waals surface area contributed by atoms with E-state index in [1.165, 1.54) is 12.7 Å². The van der Waals surface area contributed by atoms with Crippen LogP contribution in [0.2, 0.25) is 0 Å². The number of ether oxygens (including phenoxy) is 1. The quantitative estimate of drug-likeness (QED) is 0.735. The summed E-state index contributed by atoms with van der Waals surface area (Å²) in [5.74, 6) is 0.622. The summed E-state index contributed by atoms with van der Waals surface area (Å²) in [6.45, 7) is 1.63. The zero-order valence-corrected chi connectivity index (χ0v) is 9.63. The van der Waals surface area contributed by atoms with E-state index >= 15 is 0 Å². The fourth-order valence-electron chi connectivity index (χ4n) is 2.03. The van der Waals surface area contributed by atoms with Gasteiger partial charge in [-0.15, -0.1) is 0 Å². The van der Waals surface area contributed by atoms with Gasteiger partial charge in [-0.1, -0.05) is 0 Å². The van der Waals surface area contributed by atoms with Gasteiger partial charge in [0.15, 0.2) is 0 Å². The highest BCUT2D eigenvalue weighted by atomic mass is 32.1. The first-order chi connectivity index (χ1) is 7.31. The lowest BCUT2D eigenvalue weighted by Gasteiger charge is -2.30. The molecule has 2 heterocycles. The van der Waals surface area contributed by atoms with E-state index in [2.05, 4.69) is 16.8 Å². The Morgan fingerprint density at radius 3 is 2.80 bits per heavy atom. The van der Waals surface area contributed by atoms with Gasteiger partial charge in [-0.25, -0.2) is 4.79 Å². The van der Waals surface area contributed by atoms with Crippen molar-refractivity contribution in [3.63, 3.8) is 0 Å². The molecule has 0 aliphatic carbocycles. The second-order valence-corrected chi connectivity index (χ2v) is 4.57. The van der Waals surface area contributed by atoms with E-state index in [-0.39, 0.29) is 6.09 Å². The number of thiophene rings is 1. The topological polar surface area (TPSA) is 29.5 Å². The number of carbonyl (C=O) groups is 1. The van der Waals surface area contributed by atoms with Crippen molar-refractivity contribution in [2.24, 2.45) is 0 Å². The Labute approximate surface area is 93.7 Å². The monoisotopic (exact) mass is 225 g/mol. The van der Waals surface area contributed by atoms with Gasteiger partial charge in [0.05, 0.1) is 7.11 Å². The van der Waals surface area contributed by atoms with Crippen LogP contribution in [0.3, 0.4) is 0 Å². The van der Waals surface area contributed by atoms with Crippen LogP contribution >= 0.6 is 11.3 Å². The summed E-state index contributed by atoms with van der Waals surface area (Å²) in [5.41, 5.74) is 1.42. The summed E-state index contributed by atoms with van der Waals surface area (Å²) in [4.78, 5) is 13.0. The molecule has 1 aliphatic heterocycles. The molecule has 1 amide bonds. The lowest BCUT2D eigenvalue weighted by Crippen LogP contribution is -2.37. The first-order valence-electron chi connectivity index (χ1n) is 5.16. The average Bonchev–Trinajstić information content (AvgIpc) is 2.82. The second kappa shape index (κ2) is 4.66. The number of rotatable bonds is 1. The minimum atomic E-state index is -0.196. The van der Waals surface area contributed by atoms with Gasteiger partial charge < -0.3 is 9.64 Å². The Hall–Kier alpha value is -1.03. The number of likely N-dealkylation sites (tertiary alicyclic amines) is 1. The molecule has 1 aliphatic rings. The molecule has 3 nitrogen and oxygen atoms in total. The molecule has 0 radical (unpaired) electrons. The molecule has 0 aromatic carbocycles. The molecule has 4 heteroatoms. The SMILES string of the molecule is COC(=O)N1CCC(c2ccsc2)CC1. The van der Waals surface area contributed by atoms with Gasteiger partial charge in [-0.05, 0) is 41.1 Å². The molecule has 0 unspecified atom stereocenters. The molecular formula is C11H15NO2S. The van der Waals surface area contributed by atoms with E-state index in [0.29, 0.717) is 5.92 Å². The maximum Gasteiger partial charge on any atom is 0.409 e. The van der Waals surface area contributed by atoms with Crippen molar-refractivity contribution in [1.82, 2.24) is 4.90 Å². The van der Waals surface area contributed by atoms with E-state index in [0.717, 1.165) is 25.9 Å². The van der Waals surface area contributed by atoms with E-state index in [9.17, 15) is 4.79 Å². The summed E-state index contributed by atoms with van der Waals surface area (Å²) < 4.78 is 4.70. The molecule has 0 saturated carbocycles. The summed E-state index contributed by atoms with van der Waals surface area (Å²) in [5, 5.41) is 4.32. The molecule has 1 aromatic heterocycles. The normalized spacial score (nSPS) is 17.8. The maximum atomic E-state index is 11.3. The van der Waals surface area contributed by atoms with E-state index in [1.54, 1.807) is 16.2 Å². The fourth-order valence-corrected chi connectivity index (χ4v) is 2.77. The molecular weight excluding hydrogens is 210 g/mol. The first-order valence-corrected chi connectivity index (χ1v) is 6.10. The summed E-state index contributed by atoms with van der Waals surface area (Å²) in [6, 6.07) is 2.18. The Morgan fingerprint density at radius 1 is 1.53 bits per heavy atom. The van der Waals surface area contributed by atoms with Gasteiger partial charge >= 0.3 is 6.09 Å². The molecule has 1 fully saturated rings. The summed E-state index contributed by atoms with van der Waals surface area (Å²) >= 11 is 1.74. The molecule has 2 rings (SSSR count). The van der Waals surface area contributed by atoms with Crippen molar-refractivity contribution in [3.8, 4) is 0 Å². The number of carbonyl (C=O) groups excluding carboxylic acids is 1. The Bertz CT molecular complexity index is 315. The van der Waals surface area contributed by atoms with Gasteiger partial charge in [0.2, 0.25) is 0 Å². The van der Waals surface area contributed by atoms with Crippen LogP contribution in [0.5, 0.6) is 0 Å². The number of hydrogen-bond acceptors (Lipinski definition) is 3. The standard InChI is InChI=1S/C11H15NO2S/c1-14-11(13)12-5-2-9(3-6-12)10-4-7-15-8-10/h4,7-9H,2-3,5-6H2,1H3. The Balaban J connectivity index is 1.90. The minimum Gasteiger partial charge on any atom is -0.453 e. The van der Waals surface area contributed by atoms with Crippen molar-refractivity contribution < 1.29 is 9.53 Å². The van der Waals surface area contributed by atoms with Crippen LogP contribution in [-0.2, 0) is 4.74 Å². The van der Waals surface area contributed by atoms with Crippen molar-refractivity contribution in [2.45, 2.75) is 18.8 Å². The highest BCUT2D eigenvalue weighted by molar-refractivity contribution is 7.07. The van der Waals surface area contributed by atoms with Gasteiger partial charge in [0.1, 0.15) is 0 Å².